The second-order valence-electron chi connectivity index (χ2n) is 7.22. The molecule has 0 spiro atoms. The molecule has 3 atom stereocenters. The lowest BCUT2D eigenvalue weighted by atomic mass is 9.48. The summed E-state index contributed by atoms with van der Waals surface area (Å²) in [6.45, 7) is 3.73. The monoisotopic (exact) mass is 250 g/mol. The largest absolute Gasteiger partial charge is 0.489 e. The van der Waals surface area contributed by atoms with Gasteiger partial charge in [0.1, 0.15) is 24.1 Å². The van der Waals surface area contributed by atoms with Gasteiger partial charge < -0.3 is 14.9 Å². The topological polar surface area (TPSA) is 49.7 Å². The summed E-state index contributed by atoms with van der Waals surface area (Å²) in [5, 5.41) is 20.1. The molecule has 0 aromatic carbocycles. The third-order valence-corrected chi connectivity index (χ3v) is 5.93. The molecule has 4 aliphatic carbocycles. The van der Waals surface area contributed by atoms with Gasteiger partial charge in [-0.2, -0.15) is 0 Å². The summed E-state index contributed by atoms with van der Waals surface area (Å²) < 4.78 is 5.78. The van der Waals surface area contributed by atoms with Crippen LogP contribution in [0, 0.1) is 23.2 Å². The van der Waals surface area contributed by atoms with Crippen LogP contribution >= 0.6 is 0 Å². The van der Waals surface area contributed by atoms with Crippen molar-refractivity contribution in [2.75, 3.05) is 0 Å². The third kappa shape index (κ3) is 1.38. The fourth-order valence-corrected chi connectivity index (χ4v) is 5.67. The lowest BCUT2D eigenvalue weighted by molar-refractivity contribution is -0.143. The molecule has 5 aliphatic rings. The number of hydrogen-bond donors (Lipinski definition) is 2. The predicted octanol–water partition coefficient (Wildman–Crippen LogP) is 1.84. The molecule has 5 rings (SSSR count). The number of aliphatic hydroxyl groups excluding tert-OH is 2. The van der Waals surface area contributed by atoms with Crippen LogP contribution in [0.15, 0.2) is 12.3 Å². The second-order valence-corrected chi connectivity index (χ2v) is 7.22. The van der Waals surface area contributed by atoms with Crippen molar-refractivity contribution < 1.29 is 14.9 Å². The van der Waals surface area contributed by atoms with Crippen molar-refractivity contribution in [1.82, 2.24) is 0 Å². The molecule has 0 unspecified atom stereocenters. The minimum absolute atomic E-state index is 0.120. The average molecular weight is 250 g/mol. The van der Waals surface area contributed by atoms with Crippen LogP contribution < -0.4 is 0 Å². The van der Waals surface area contributed by atoms with E-state index >= 15 is 0 Å². The lowest BCUT2D eigenvalue weighted by Crippen LogP contribution is -2.54. The minimum Gasteiger partial charge on any atom is -0.489 e. The van der Waals surface area contributed by atoms with E-state index in [2.05, 4.69) is 6.58 Å². The Hall–Kier alpha value is -0.540. The molecular formula is C15H22O3. The Bertz CT molecular complexity index is 354. The first-order valence-corrected chi connectivity index (χ1v) is 7.29. The Morgan fingerprint density at radius 2 is 1.50 bits per heavy atom. The molecule has 3 nitrogen and oxygen atoms in total. The van der Waals surface area contributed by atoms with E-state index in [9.17, 15) is 10.2 Å². The van der Waals surface area contributed by atoms with Gasteiger partial charge in [0, 0.05) is 5.41 Å². The van der Waals surface area contributed by atoms with Crippen molar-refractivity contribution in [3.05, 3.63) is 12.3 Å². The SMILES string of the molecule is C=C1O[C@@H](C23CC4CC(CC(C4)C2)C3)[C@@H](O)[C@H]1O. The van der Waals surface area contributed by atoms with Crippen LogP contribution in [0.25, 0.3) is 0 Å². The van der Waals surface area contributed by atoms with Gasteiger partial charge in [-0.05, 0) is 56.3 Å². The zero-order chi connectivity index (χ0) is 12.5. The summed E-state index contributed by atoms with van der Waals surface area (Å²) in [4.78, 5) is 0. The molecule has 2 N–H and O–H groups in total. The van der Waals surface area contributed by atoms with Crippen LogP contribution in [0.5, 0.6) is 0 Å². The first-order chi connectivity index (χ1) is 8.57. The predicted molar refractivity (Wildman–Crippen MR) is 66.6 cm³/mol. The zero-order valence-electron chi connectivity index (χ0n) is 10.7. The van der Waals surface area contributed by atoms with Gasteiger partial charge in [0.25, 0.3) is 0 Å². The smallest absolute Gasteiger partial charge is 0.140 e. The van der Waals surface area contributed by atoms with Crippen LogP contribution in [0.3, 0.4) is 0 Å². The van der Waals surface area contributed by atoms with Crippen LogP contribution in [0.2, 0.25) is 0 Å². The maximum Gasteiger partial charge on any atom is 0.140 e. The summed E-state index contributed by atoms with van der Waals surface area (Å²) in [6, 6.07) is 0. The minimum atomic E-state index is -0.886. The highest BCUT2D eigenvalue weighted by atomic mass is 16.5. The van der Waals surface area contributed by atoms with Crippen molar-refractivity contribution in [1.29, 1.82) is 0 Å². The van der Waals surface area contributed by atoms with Gasteiger partial charge in [-0.3, -0.25) is 0 Å². The van der Waals surface area contributed by atoms with Crippen LogP contribution in [0.1, 0.15) is 38.5 Å². The Balaban J connectivity index is 1.66. The van der Waals surface area contributed by atoms with Gasteiger partial charge in [-0.25, -0.2) is 0 Å². The molecule has 1 heterocycles. The van der Waals surface area contributed by atoms with Crippen molar-refractivity contribution in [2.45, 2.75) is 56.8 Å². The lowest BCUT2D eigenvalue weighted by Gasteiger charge is -2.58. The highest BCUT2D eigenvalue weighted by molar-refractivity contribution is 5.14. The molecule has 100 valence electrons. The zero-order valence-corrected chi connectivity index (χ0v) is 10.7. The first kappa shape index (κ1) is 11.3. The van der Waals surface area contributed by atoms with Gasteiger partial charge in [-0.15, -0.1) is 0 Å². The number of hydrogen-bond acceptors (Lipinski definition) is 3. The fourth-order valence-electron chi connectivity index (χ4n) is 5.67. The maximum atomic E-state index is 10.3. The molecule has 1 saturated heterocycles. The Kier molecular flexibility index (Phi) is 2.21. The molecule has 18 heavy (non-hydrogen) atoms. The molecule has 3 heteroatoms. The van der Waals surface area contributed by atoms with E-state index in [0.717, 1.165) is 17.8 Å². The van der Waals surface area contributed by atoms with Gasteiger partial charge in [-0.1, -0.05) is 6.58 Å². The Morgan fingerprint density at radius 3 is 1.89 bits per heavy atom. The Labute approximate surface area is 108 Å². The number of ether oxygens (including phenoxy) is 1. The molecular weight excluding hydrogens is 228 g/mol. The van der Waals surface area contributed by atoms with Gasteiger partial charge in [0.15, 0.2) is 0 Å². The van der Waals surface area contributed by atoms with Crippen molar-refractivity contribution in [3.63, 3.8) is 0 Å². The van der Waals surface area contributed by atoms with Crippen molar-refractivity contribution in [2.24, 2.45) is 23.2 Å². The Morgan fingerprint density at radius 1 is 1.00 bits per heavy atom. The summed E-state index contributed by atoms with van der Waals surface area (Å²) >= 11 is 0. The quantitative estimate of drug-likeness (QED) is 0.746. The summed E-state index contributed by atoms with van der Waals surface area (Å²) in [5.41, 5.74) is 0.120. The van der Waals surface area contributed by atoms with Crippen molar-refractivity contribution in [3.8, 4) is 0 Å². The van der Waals surface area contributed by atoms with E-state index in [1.807, 2.05) is 0 Å². The second kappa shape index (κ2) is 3.51. The van der Waals surface area contributed by atoms with Crippen LogP contribution in [-0.2, 0) is 4.74 Å². The van der Waals surface area contributed by atoms with E-state index in [1.54, 1.807) is 0 Å². The molecule has 0 amide bonds. The van der Waals surface area contributed by atoms with E-state index in [1.165, 1.54) is 38.5 Å². The highest BCUT2D eigenvalue weighted by Gasteiger charge is 2.59. The summed E-state index contributed by atoms with van der Waals surface area (Å²) in [6.07, 6.45) is 5.82. The molecule has 4 saturated carbocycles. The van der Waals surface area contributed by atoms with E-state index < -0.39 is 12.2 Å². The molecule has 0 radical (unpaired) electrons. The third-order valence-electron chi connectivity index (χ3n) is 5.93. The number of rotatable bonds is 1. The van der Waals surface area contributed by atoms with Crippen molar-refractivity contribution >= 4 is 0 Å². The fraction of sp³-hybridized carbons (Fsp3) is 0.867. The number of aliphatic hydroxyl groups is 2. The van der Waals surface area contributed by atoms with Gasteiger partial charge in [0.2, 0.25) is 0 Å². The van der Waals surface area contributed by atoms with Gasteiger partial charge >= 0.3 is 0 Å². The molecule has 5 fully saturated rings. The highest BCUT2D eigenvalue weighted by Crippen LogP contribution is 2.63. The van der Waals surface area contributed by atoms with E-state index in [0.29, 0.717) is 5.76 Å². The molecule has 0 aromatic rings. The first-order valence-electron chi connectivity index (χ1n) is 7.29. The normalized spacial score (nSPS) is 58.0. The van der Waals surface area contributed by atoms with Crippen LogP contribution in [-0.4, -0.2) is 28.5 Å². The molecule has 1 aliphatic heterocycles. The summed E-state index contributed by atoms with van der Waals surface area (Å²) in [5.74, 6) is 2.86. The summed E-state index contributed by atoms with van der Waals surface area (Å²) in [7, 11) is 0. The molecule has 0 aromatic heterocycles. The molecule has 4 bridgehead atoms. The van der Waals surface area contributed by atoms with Gasteiger partial charge in [0.05, 0.1) is 0 Å². The maximum absolute atomic E-state index is 10.3. The van der Waals surface area contributed by atoms with Crippen LogP contribution in [0.4, 0.5) is 0 Å². The standard InChI is InChI=1S/C15H22O3/c1-8-12(16)13(17)14(18-8)15-5-9-2-10(6-15)4-11(3-9)7-15/h9-14,16-17H,1-7H2/t9?,10?,11?,12-,13-,14+,15?/m0/s1. The van der Waals surface area contributed by atoms with E-state index in [4.69, 9.17) is 4.74 Å². The average Bonchev–Trinajstić information content (AvgIpc) is 2.56. The van der Waals surface area contributed by atoms with E-state index in [-0.39, 0.29) is 11.5 Å².